The van der Waals surface area contributed by atoms with Gasteiger partial charge in [-0.2, -0.15) is 0 Å². The third kappa shape index (κ3) is 4.01. The van der Waals surface area contributed by atoms with Crippen LogP contribution in [0.1, 0.15) is 32.6 Å². The highest BCUT2D eigenvalue weighted by Crippen LogP contribution is 2.40. The smallest absolute Gasteiger partial charge is 0.231 e. The van der Waals surface area contributed by atoms with Gasteiger partial charge in [-0.05, 0) is 55.0 Å². The molecule has 0 saturated carbocycles. The third-order valence-electron chi connectivity index (χ3n) is 5.34. The Labute approximate surface area is 198 Å². The van der Waals surface area contributed by atoms with Crippen molar-refractivity contribution in [2.24, 2.45) is 0 Å². The minimum absolute atomic E-state index is 0.154. The number of hydrogen-bond acceptors (Lipinski definition) is 5. The number of allylic oxidation sites excluding steroid dienone is 1. The molecule has 32 heavy (non-hydrogen) atoms. The van der Waals surface area contributed by atoms with E-state index in [1.54, 1.807) is 30.3 Å². The summed E-state index contributed by atoms with van der Waals surface area (Å²) >= 11 is 9.47. The molecule has 2 aliphatic rings. The van der Waals surface area contributed by atoms with Crippen LogP contribution in [0.25, 0.3) is 6.08 Å². The number of ketones is 1. The molecule has 0 spiro atoms. The Bertz CT molecular complexity index is 1250. The van der Waals surface area contributed by atoms with Gasteiger partial charge in [-0.3, -0.25) is 4.79 Å². The number of benzene rings is 3. The van der Waals surface area contributed by atoms with E-state index in [0.717, 1.165) is 32.5 Å². The largest absolute Gasteiger partial charge is 0.488 e. The standard InChI is InChI=1S/C25H18BrClO5/c1-14-21(30-12-17-10-18(26)9-16-11-29-13-31-25(16)17)7-6-20-23(28)22(32-24(14)20)8-15-2-4-19(27)5-3-15/h2-10H,11-13H2,1H3/b22-8-. The van der Waals surface area contributed by atoms with E-state index in [1.165, 1.54) is 0 Å². The molecule has 0 atom stereocenters. The summed E-state index contributed by atoms with van der Waals surface area (Å²) in [5.74, 6) is 2.08. The molecule has 0 fully saturated rings. The number of carbonyl (C=O) groups is 1. The van der Waals surface area contributed by atoms with Crippen molar-refractivity contribution in [1.82, 2.24) is 0 Å². The maximum absolute atomic E-state index is 12.8. The molecule has 5 nitrogen and oxygen atoms in total. The van der Waals surface area contributed by atoms with Crippen LogP contribution in [0.5, 0.6) is 17.2 Å². The molecule has 5 rings (SSSR count). The molecular formula is C25H18BrClO5. The van der Waals surface area contributed by atoms with Crippen LogP contribution in [0.15, 0.2) is 58.8 Å². The van der Waals surface area contributed by atoms with Crippen molar-refractivity contribution in [2.75, 3.05) is 6.79 Å². The number of rotatable bonds is 4. The average molecular weight is 514 g/mol. The zero-order chi connectivity index (χ0) is 22.2. The lowest BCUT2D eigenvalue weighted by molar-refractivity contribution is -0.0176. The lowest BCUT2D eigenvalue weighted by Gasteiger charge is -2.21. The number of fused-ring (bicyclic) bond motifs is 2. The fourth-order valence-electron chi connectivity index (χ4n) is 3.75. The Balaban J connectivity index is 1.39. The first-order valence-corrected chi connectivity index (χ1v) is 11.1. The van der Waals surface area contributed by atoms with E-state index < -0.39 is 0 Å². The molecule has 2 aliphatic heterocycles. The number of halogens is 2. The van der Waals surface area contributed by atoms with Crippen molar-refractivity contribution in [1.29, 1.82) is 0 Å². The van der Waals surface area contributed by atoms with Gasteiger partial charge in [0.15, 0.2) is 12.6 Å². The second kappa shape index (κ2) is 8.62. The summed E-state index contributed by atoms with van der Waals surface area (Å²) in [5, 5.41) is 0.636. The zero-order valence-corrected chi connectivity index (χ0v) is 19.5. The van der Waals surface area contributed by atoms with E-state index in [2.05, 4.69) is 15.9 Å². The average Bonchev–Trinajstić information content (AvgIpc) is 3.10. The first-order chi connectivity index (χ1) is 15.5. The molecule has 7 heteroatoms. The maximum Gasteiger partial charge on any atom is 0.231 e. The molecule has 3 aromatic rings. The van der Waals surface area contributed by atoms with Crippen molar-refractivity contribution in [3.05, 3.63) is 91.6 Å². The molecular weight excluding hydrogens is 496 g/mol. The number of hydrogen-bond donors (Lipinski definition) is 0. The molecule has 0 aromatic heterocycles. The fourth-order valence-corrected chi connectivity index (χ4v) is 4.43. The van der Waals surface area contributed by atoms with E-state index in [-0.39, 0.29) is 18.3 Å². The summed E-state index contributed by atoms with van der Waals surface area (Å²) in [6.07, 6.45) is 1.71. The van der Waals surface area contributed by atoms with Gasteiger partial charge in [-0.25, -0.2) is 0 Å². The Hall–Kier alpha value is -2.80. The number of ether oxygens (including phenoxy) is 4. The molecule has 0 radical (unpaired) electrons. The first kappa shape index (κ1) is 21.1. The molecule has 2 heterocycles. The molecule has 0 amide bonds. The van der Waals surface area contributed by atoms with Crippen LogP contribution in [0.4, 0.5) is 0 Å². The van der Waals surface area contributed by atoms with Crippen molar-refractivity contribution in [2.45, 2.75) is 20.1 Å². The van der Waals surface area contributed by atoms with Crippen LogP contribution in [0.3, 0.4) is 0 Å². The van der Waals surface area contributed by atoms with Crippen LogP contribution in [-0.4, -0.2) is 12.6 Å². The molecule has 0 bridgehead atoms. The Morgan fingerprint density at radius 3 is 2.75 bits per heavy atom. The van der Waals surface area contributed by atoms with Crippen molar-refractivity contribution in [3.8, 4) is 17.2 Å². The van der Waals surface area contributed by atoms with Gasteiger partial charge in [0.1, 0.15) is 23.9 Å². The SMILES string of the molecule is Cc1c(OCc2cc(Br)cc3c2OCOC3)ccc2c1O/C(=C\c1ccc(Cl)cc1)C2=O. The Morgan fingerprint density at radius 2 is 1.94 bits per heavy atom. The monoisotopic (exact) mass is 512 g/mol. The summed E-state index contributed by atoms with van der Waals surface area (Å²) in [6.45, 7) is 2.91. The van der Waals surface area contributed by atoms with Gasteiger partial charge in [0.25, 0.3) is 0 Å². The molecule has 3 aromatic carbocycles. The summed E-state index contributed by atoms with van der Waals surface area (Å²) in [7, 11) is 0. The van der Waals surface area contributed by atoms with Crippen molar-refractivity contribution < 1.29 is 23.7 Å². The number of carbonyl (C=O) groups excluding carboxylic acids is 1. The highest BCUT2D eigenvalue weighted by Gasteiger charge is 2.30. The molecule has 162 valence electrons. The van der Waals surface area contributed by atoms with Crippen molar-refractivity contribution in [3.63, 3.8) is 0 Å². The Kier molecular flexibility index (Phi) is 5.67. The molecule has 0 saturated heterocycles. The van der Waals surface area contributed by atoms with Crippen LogP contribution >= 0.6 is 27.5 Å². The van der Waals surface area contributed by atoms with Gasteiger partial charge in [-0.1, -0.05) is 39.7 Å². The van der Waals surface area contributed by atoms with Crippen LogP contribution in [0.2, 0.25) is 5.02 Å². The predicted octanol–water partition coefficient (Wildman–Crippen LogP) is 6.47. The molecule has 0 unspecified atom stereocenters. The van der Waals surface area contributed by atoms with E-state index in [1.807, 2.05) is 31.2 Å². The van der Waals surface area contributed by atoms with Gasteiger partial charge in [0.2, 0.25) is 5.78 Å². The van der Waals surface area contributed by atoms with Crippen molar-refractivity contribution >= 4 is 39.4 Å². The van der Waals surface area contributed by atoms with Gasteiger partial charge >= 0.3 is 0 Å². The predicted molar refractivity (Wildman–Crippen MR) is 124 cm³/mol. The van der Waals surface area contributed by atoms with E-state index in [9.17, 15) is 4.79 Å². The lowest BCUT2D eigenvalue weighted by atomic mass is 10.1. The van der Waals surface area contributed by atoms with Gasteiger partial charge in [0.05, 0.1) is 12.2 Å². The minimum atomic E-state index is -0.154. The van der Waals surface area contributed by atoms with Crippen LogP contribution in [-0.2, 0) is 18.0 Å². The highest BCUT2D eigenvalue weighted by atomic mass is 79.9. The third-order valence-corrected chi connectivity index (χ3v) is 6.05. The maximum atomic E-state index is 12.8. The fraction of sp³-hybridized carbons (Fsp3) is 0.160. The highest BCUT2D eigenvalue weighted by molar-refractivity contribution is 9.10. The van der Waals surface area contributed by atoms with E-state index >= 15 is 0 Å². The topological polar surface area (TPSA) is 54.0 Å². The quantitative estimate of drug-likeness (QED) is 0.374. The second-order valence-electron chi connectivity index (χ2n) is 7.51. The van der Waals surface area contributed by atoms with Gasteiger partial charge in [-0.15, -0.1) is 0 Å². The zero-order valence-electron chi connectivity index (χ0n) is 17.1. The summed E-state index contributed by atoms with van der Waals surface area (Å²) in [5.41, 5.74) is 4.01. The second-order valence-corrected chi connectivity index (χ2v) is 8.86. The lowest BCUT2D eigenvalue weighted by Crippen LogP contribution is -2.14. The van der Waals surface area contributed by atoms with Gasteiger partial charge in [0, 0.05) is 26.2 Å². The summed E-state index contributed by atoms with van der Waals surface area (Å²) in [6, 6.07) is 14.7. The molecule has 0 aliphatic carbocycles. The van der Waals surface area contributed by atoms with Crippen LogP contribution < -0.4 is 14.2 Å². The van der Waals surface area contributed by atoms with E-state index in [0.29, 0.717) is 35.3 Å². The first-order valence-electron chi connectivity index (χ1n) is 9.97. The number of Topliss-reactive ketones (excluding diaryl/α,β-unsaturated/α-hetero) is 1. The summed E-state index contributed by atoms with van der Waals surface area (Å²) in [4.78, 5) is 12.8. The summed E-state index contributed by atoms with van der Waals surface area (Å²) < 4.78 is 24.0. The normalized spacial score (nSPS) is 15.7. The van der Waals surface area contributed by atoms with Gasteiger partial charge < -0.3 is 18.9 Å². The van der Waals surface area contributed by atoms with Crippen LogP contribution in [0, 0.1) is 6.92 Å². The van der Waals surface area contributed by atoms with E-state index in [4.69, 9.17) is 30.5 Å². The molecule has 0 N–H and O–H groups in total. The minimum Gasteiger partial charge on any atom is -0.488 e. The Morgan fingerprint density at radius 1 is 1.12 bits per heavy atom.